The molecule has 0 saturated heterocycles. The van der Waals surface area contributed by atoms with E-state index >= 15 is 0 Å². The van der Waals surface area contributed by atoms with Gasteiger partial charge in [0, 0.05) is 9.13 Å². The normalized spacial score (nSPS) is 14.8. The molecule has 0 radical (unpaired) electrons. The number of allylic oxidation sites excluding steroid dienone is 1. The van der Waals surface area contributed by atoms with Crippen LogP contribution in [-0.4, -0.2) is 24.3 Å². The monoisotopic (exact) mass is 870 g/mol. The van der Waals surface area contributed by atoms with Gasteiger partial charge in [-0.2, -0.15) is 0 Å². The number of benzene rings is 3. The number of rotatable bonds is 8. The molecule has 0 spiro atoms. The first-order chi connectivity index (χ1) is 20.2. The van der Waals surface area contributed by atoms with Gasteiger partial charge in [0.25, 0.3) is 5.56 Å². The fourth-order valence-electron chi connectivity index (χ4n) is 4.67. The van der Waals surface area contributed by atoms with Crippen LogP contribution >= 0.6 is 72.4 Å². The Hall–Kier alpha value is -2.49. The number of aromatic nitrogens is 1. The summed E-state index contributed by atoms with van der Waals surface area (Å²) in [6, 6.07) is 18.8. The molecule has 1 aliphatic rings. The Balaban J connectivity index is 1.67. The van der Waals surface area contributed by atoms with Gasteiger partial charge in [0.2, 0.25) is 0 Å². The highest BCUT2D eigenvalue weighted by molar-refractivity contribution is 14.1. The van der Waals surface area contributed by atoms with Crippen LogP contribution in [0.1, 0.15) is 36.6 Å². The second-order valence-corrected chi connectivity index (χ2v) is 13.5. The summed E-state index contributed by atoms with van der Waals surface area (Å²) in [4.78, 5) is 32.5. The third kappa shape index (κ3) is 6.38. The van der Waals surface area contributed by atoms with Crippen LogP contribution in [0.15, 0.2) is 86.2 Å². The summed E-state index contributed by atoms with van der Waals surface area (Å²) in [7, 11) is 1.58. The number of methoxy groups -OCH3 is 1. The first kappa shape index (κ1) is 31.0. The fraction of sp³-hybridized carbons (Fsp3) is 0.194. The zero-order valence-corrected chi connectivity index (χ0v) is 29.5. The molecule has 0 fully saturated rings. The summed E-state index contributed by atoms with van der Waals surface area (Å²) in [5.74, 6) is 0.833. The van der Waals surface area contributed by atoms with Crippen molar-refractivity contribution in [1.82, 2.24) is 4.57 Å². The van der Waals surface area contributed by atoms with E-state index in [0.717, 1.165) is 23.8 Å². The van der Waals surface area contributed by atoms with Gasteiger partial charge in [-0.25, -0.2) is 9.79 Å². The van der Waals surface area contributed by atoms with Crippen LogP contribution in [0.4, 0.5) is 0 Å². The molecule has 0 aliphatic carbocycles. The quantitative estimate of drug-likeness (QED) is 0.152. The molecule has 11 heteroatoms. The molecule has 0 amide bonds. The molecule has 1 atom stereocenters. The summed E-state index contributed by atoms with van der Waals surface area (Å²) < 4.78 is 21.8. The molecule has 2 heterocycles. The number of fused-ring (bicyclic) bond motifs is 1. The maximum atomic E-state index is 14.1. The van der Waals surface area contributed by atoms with E-state index in [2.05, 4.69) is 66.1 Å². The standard InChI is InChI=1S/C31H25BrI2N2O5S/c1-4-40-30(38)26-17(2)35-31-36(27(26)19-10-11-24(39-3)22(32)13-19)29(37)25(42-31)14-20-12-21(33)15-23(34)28(20)41-16-18-8-6-5-7-9-18/h5-15,27H,4,16H2,1-3H3/b25-14+/t27-/m0/s1. The molecule has 0 saturated carbocycles. The SMILES string of the molecule is CCOC(=O)C1=C(C)N=c2s/c(=C/c3cc(I)cc(I)c3OCc3ccccc3)c(=O)n2[C@H]1c1ccc(OC)c(Br)c1. The number of ether oxygens (including phenoxy) is 3. The van der Waals surface area contributed by atoms with E-state index in [1.807, 2.05) is 60.7 Å². The van der Waals surface area contributed by atoms with E-state index < -0.39 is 12.0 Å². The molecule has 5 rings (SSSR count). The minimum absolute atomic E-state index is 0.204. The summed E-state index contributed by atoms with van der Waals surface area (Å²) in [6.45, 7) is 4.12. The predicted octanol–water partition coefficient (Wildman–Crippen LogP) is 6.36. The van der Waals surface area contributed by atoms with Crippen molar-refractivity contribution in [2.24, 2.45) is 4.99 Å². The average molecular weight is 871 g/mol. The van der Waals surface area contributed by atoms with Gasteiger partial charge in [0.1, 0.15) is 18.1 Å². The van der Waals surface area contributed by atoms with Crippen molar-refractivity contribution in [3.8, 4) is 11.5 Å². The zero-order valence-electron chi connectivity index (χ0n) is 22.8. The lowest BCUT2D eigenvalue weighted by molar-refractivity contribution is -0.139. The van der Waals surface area contributed by atoms with Crippen LogP contribution in [0.3, 0.4) is 0 Å². The third-order valence-electron chi connectivity index (χ3n) is 6.56. The van der Waals surface area contributed by atoms with E-state index in [9.17, 15) is 9.59 Å². The smallest absolute Gasteiger partial charge is 0.338 e. The number of hydrogen-bond donors (Lipinski definition) is 0. The molecule has 1 aliphatic heterocycles. The highest BCUT2D eigenvalue weighted by atomic mass is 127. The van der Waals surface area contributed by atoms with Crippen molar-refractivity contribution in [3.63, 3.8) is 0 Å². The van der Waals surface area contributed by atoms with Crippen molar-refractivity contribution in [3.05, 3.63) is 120 Å². The van der Waals surface area contributed by atoms with Gasteiger partial charge in [-0.3, -0.25) is 9.36 Å². The van der Waals surface area contributed by atoms with E-state index in [4.69, 9.17) is 14.2 Å². The van der Waals surface area contributed by atoms with E-state index in [1.54, 1.807) is 31.6 Å². The lowest BCUT2D eigenvalue weighted by Crippen LogP contribution is -2.40. The lowest BCUT2D eigenvalue weighted by Gasteiger charge is -2.25. The lowest BCUT2D eigenvalue weighted by atomic mass is 9.96. The molecule has 7 nitrogen and oxygen atoms in total. The number of carbonyl (C=O) groups is 1. The van der Waals surface area contributed by atoms with Gasteiger partial charge in [-0.15, -0.1) is 0 Å². The maximum absolute atomic E-state index is 14.1. The number of hydrogen-bond acceptors (Lipinski definition) is 7. The fourth-order valence-corrected chi connectivity index (χ4v) is 8.31. The van der Waals surface area contributed by atoms with Crippen LogP contribution in [0.2, 0.25) is 0 Å². The van der Waals surface area contributed by atoms with Gasteiger partial charge < -0.3 is 14.2 Å². The van der Waals surface area contributed by atoms with Gasteiger partial charge in [-0.1, -0.05) is 47.7 Å². The van der Waals surface area contributed by atoms with Gasteiger partial charge in [-0.05, 0) is 116 Å². The molecular formula is C31H25BrI2N2O5S. The molecule has 4 aromatic rings. The highest BCUT2D eigenvalue weighted by Crippen LogP contribution is 2.35. The largest absolute Gasteiger partial charge is 0.496 e. The highest BCUT2D eigenvalue weighted by Gasteiger charge is 2.33. The molecule has 0 N–H and O–H groups in total. The van der Waals surface area contributed by atoms with Gasteiger partial charge in [0.15, 0.2) is 4.80 Å². The molecule has 42 heavy (non-hydrogen) atoms. The predicted molar refractivity (Wildman–Crippen MR) is 184 cm³/mol. The summed E-state index contributed by atoms with van der Waals surface area (Å²) in [6.07, 6.45) is 1.85. The molecule has 3 aromatic carbocycles. The number of halogens is 3. The summed E-state index contributed by atoms with van der Waals surface area (Å²) in [5.41, 5.74) is 3.14. The second kappa shape index (κ2) is 13.4. The Morgan fingerprint density at radius 1 is 1.14 bits per heavy atom. The van der Waals surface area contributed by atoms with Crippen LogP contribution in [0.25, 0.3) is 6.08 Å². The molecule has 1 aromatic heterocycles. The topological polar surface area (TPSA) is 79.1 Å². The van der Waals surface area contributed by atoms with Crippen molar-refractivity contribution in [2.45, 2.75) is 26.5 Å². The molecular weight excluding hydrogens is 846 g/mol. The van der Waals surface area contributed by atoms with Crippen molar-refractivity contribution in [2.75, 3.05) is 13.7 Å². The Morgan fingerprint density at radius 3 is 2.60 bits per heavy atom. The Bertz CT molecular complexity index is 1890. The van der Waals surface area contributed by atoms with E-state index in [-0.39, 0.29) is 12.2 Å². The number of nitrogens with zero attached hydrogens (tertiary/aromatic N) is 2. The Morgan fingerprint density at radius 2 is 1.90 bits per heavy atom. The van der Waals surface area contributed by atoms with Gasteiger partial charge >= 0.3 is 5.97 Å². The molecule has 216 valence electrons. The molecule has 0 bridgehead atoms. The minimum Gasteiger partial charge on any atom is -0.496 e. The Kier molecular flexibility index (Phi) is 9.90. The van der Waals surface area contributed by atoms with Crippen molar-refractivity contribution < 1.29 is 19.0 Å². The third-order valence-corrected chi connectivity index (χ3v) is 9.59. The van der Waals surface area contributed by atoms with Crippen LogP contribution in [0.5, 0.6) is 11.5 Å². The first-order valence-corrected chi connectivity index (χ1v) is 16.7. The summed E-state index contributed by atoms with van der Waals surface area (Å²) >= 11 is 9.35. The number of esters is 1. The zero-order chi connectivity index (χ0) is 30.0. The van der Waals surface area contributed by atoms with Gasteiger partial charge in [0.05, 0.1) is 43.6 Å². The van der Waals surface area contributed by atoms with Crippen molar-refractivity contribution in [1.29, 1.82) is 0 Å². The Labute approximate surface area is 282 Å². The van der Waals surface area contributed by atoms with Crippen LogP contribution in [0, 0.1) is 7.14 Å². The minimum atomic E-state index is -0.727. The second-order valence-electron chi connectivity index (χ2n) is 9.28. The maximum Gasteiger partial charge on any atom is 0.338 e. The number of carbonyl (C=O) groups excluding carboxylic acids is 1. The first-order valence-electron chi connectivity index (χ1n) is 12.9. The molecule has 0 unspecified atom stereocenters. The van der Waals surface area contributed by atoms with Crippen LogP contribution < -0.4 is 24.4 Å². The number of thiazole rings is 1. The van der Waals surface area contributed by atoms with Crippen molar-refractivity contribution >= 4 is 84.5 Å². The van der Waals surface area contributed by atoms with E-state index in [0.29, 0.717) is 43.2 Å². The van der Waals surface area contributed by atoms with Crippen LogP contribution in [-0.2, 0) is 16.1 Å². The summed E-state index contributed by atoms with van der Waals surface area (Å²) in [5, 5.41) is 0. The average Bonchev–Trinajstić information content (AvgIpc) is 3.26. The van der Waals surface area contributed by atoms with E-state index in [1.165, 1.54) is 11.3 Å².